The molecule has 3 rings (SSSR count). The highest BCUT2D eigenvalue weighted by molar-refractivity contribution is 6.32. The summed E-state index contributed by atoms with van der Waals surface area (Å²) in [5.74, 6) is -0.442. The van der Waals surface area contributed by atoms with Gasteiger partial charge in [0.05, 0.1) is 23.8 Å². The van der Waals surface area contributed by atoms with Crippen LogP contribution in [0, 0.1) is 13.8 Å². The number of hydrogen-bond acceptors (Lipinski definition) is 6. The van der Waals surface area contributed by atoms with Crippen molar-refractivity contribution < 1.29 is 37.3 Å². The Kier molecular flexibility index (Phi) is 9.52. The van der Waals surface area contributed by atoms with Crippen LogP contribution in [0.15, 0.2) is 42.5 Å². The first-order chi connectivity index (χ1) is 17.7. The second-order valence-electron chi connectivity index (χ2n) is 8.06. The SMILES string of the molecule is CCCOc1c(Cl)cc(C(=O)OCC(=O)c2cc(C)n(-c3ccc(OC(F)F)cc3)c2C)cc1OCC. The lowest BCUT2D eigenvalue weighted by Gasteiger charge is -2.14. The average molecular weight is 536 g/mol. The molecule has 2 aromatic carbocycles. The molecule has 198 valence electrons. The summed E-state index contributed by atoms with van der Waals surface area (Å²) in [5.41, 5.74) is 2.51. The van der Waals surface area contributed by atoms with Crippen LogP contribution in [0.1, 0.15) is 52.4 Å². The molecule has 0 unspecified atom stereocenters. The normalized spacial score (nSPS) is 10.9. The lowest BCUT2D eigenvalue weighted by atomic mass is 10.1. The fourth-order valence-corrected chi connectivity index (χ4v) is 4.07. The zero-order valence-electron chi connectivity index (χ0n) is 21.0. The van der Waals surface area contributed by atoms with E-state index >= 15 is 0 Å². The number of hydrogen-bond donors (Lipinski definition) is 0. The van der Waals surface area contributed by atoms with Crippen molar-refractivity contribution in [2.24, 2.45) is 0 Å². The molecule has 0 N–H and O–H groups in total. The maximum Gasteiger partial charge on any atom is 0.387 e. The maximum atomic E-state index is 12.9. The Morgan fingerprint density at radius 1 is 1.03 bits per heavy atom. The molecule has 0 fully saturated rings. The lowest BCUT2D eigenvalue weighted by Crippen LogP contribution is -2.15. The number of aromatic nitrogens is 1. The van der Waals surface area contributed by atoms with E-state index in [1.807, 2.05) is 6.92 Å². The van der Waals surface area contributed by atoms with Gasteiger partial charge < -0.3 is 23.5 Å². The van der Waals surface area contributed by atoms with Crippen molar-refractivity contribution in [3.05, 3.63) is 70.0 Å². The van der Waals surface area contributed by atoms with Crippen molar-refractivity contribution in [3.63, 3.8) is 0 Å². The van der Waals surface area contributed by atoms with Crippen LogP contribution in [0.3, 0.4) is 0 Å². The molecule has 0 aliphatic rings. The largest absolute Gasteiger partial charge is 0.490 e. The summed E-state index contributed by atoms with van der Waals surface area (Å²) >= 11 is 6.31. The van der Waals surface area contributed by atoms with Gasteiger partial charge in [0.15, 0.2) is 18.1 Å². The monoisotopic (exact) mass is 535 g/mol. The first-order valence-electron chi connectivity index (χ1n) is 11.7. The van der Waals surface area contributed by atoms with Gasteiger partial charge in [-0.05, 0) is 69.7 Å². The molecular formula is C27H28ClF2NO6. The van der Waals surface area contributed by atoms with E-state index in [9.17, 15) is 18.4 Å². The molecule has 0 aliphatic heterocycles. The molecule has 3 aromatic rings. The molecule has 0 bridgehead atoms. The van der Waals surface area contributed by atoms with Gasteiger partial charge >= 0.3 is 12.6 Å². The van der Waals surface area contributed by atoms with Crippen LogP contribution in [0.5, 0.6) is 17.2 Å². The molecule has 0 atom stereocenters. The van der Waals surface area contributed by atoms with Crippen LogP contribution in [0.25, 0.3) is 5.69 Å². The van der Waals surface area contributed by atoms with Crippen molar-refractivity contribution in [2.45, 2.75) is 40.7 Å². The average Bonchev–Trinajstić information content (AvgIpc) is 3.15. The maximum absolute atomic E-state index is 12.9. The summed E-state index contributed by atoms with van der Waals surface area (Å²) in [5, 5.41) is 0.200. The first-order valence-corrected chi connectivity index (χ1v) is 12.1. The quantitative estimate of drug-likeness (QED) is 0.193. The van der Waals surface area contributed by atoms with Crippen LogP contribution < -0.4 is 14.2 Å². The van der Waals surface area contributed by atoms with Gasteiger partial charge in [-0.3, -0.25) is 4.79 Å². The van der Waals surface area contributed by atoms with E-state index in [0.29, 0.717) is 41.7 Å². The van der Waals surface area contributed by atoms with Gasteiger partial charge in [-0.1, -0.05) is 18.5 Å². The third-order valence-corrected chi connectivity index (χ3v) is 5.66. The van der Waals surface area contributed by atoms with E-state index in [1.54, 1.807) is 43.5 Å². The topological polar surface area (TPSA) is 76.0 Å². The number of esters is 1. The Morgan fingerprint density at radius 2 is 1.73 bits per heavy atom. The van der Waals surface area contributed by atoms with Gasteiger partial charge in [0.2, 0.25) is 5.78 Å². The summed E-state index contributed by atoms with van der Waals surface area (Å²) in [6.07, 6.45) is 0.771. The van der Waals surface area contributed by atoms with Gasteiger partial charge in [-0.15, -0.1) is 0 Å². The molecule has 0 spiro atoms. The number of carbonyl (C=O) groups is 2. The molecule has 37 heavy (non-hydrogen) atoms. The number of ether oxygens (including phenoxy) is 4. The van der Waals surface area contributed by atoms with Crippen molar-refractivity contribution in [2.75, 3.05) is 19.8 Å². The summed E-state index contributed by atoms with van der Waals surface area (Å²) in [6, 6.07) is 10.6. The summed E-state index contributed by atoms with van der Waals surface area (Å²) in [4.78, 5) is 25.6. The minimum atomic E-state index is -2.91. The number of carbonyl (C=O) groups excluding carboxylic acids is 2. The van der Waals surface area contributed by atoms with Crippen LogP contribution >= 0.6 is 11.6 Å². The molecule has 10 heteroatoms. The van der Waals surface area contributed by atoms with Crippen molar-refractivity contribution in [1.29, 1.82) is 0 Å². The molecule has 0 saturated heterocycles. The zero-order valence-corrected chi connectivity index (χ0v) is 21.7. The van der Waals surface area contributed by atoms with Crippen LogP contribution in [0.2, 0.25) is 5.02 Å². The number of halogens is 3. The highest BCUT2D eigenvalue weighted by Gasteiger charge is 2.21. The number of nitrogens with zero attached hydrogens (tertiary/aromatic N) is 1. The molecule has 0 radical (unpaired) electrons. The Morgan fingerprint density at radius 3 is 2.35 bits per heavy atom. The van der Waals surface area contributed by atoms with Gasteiger partial charge in [0, 0.05) is 22.6 Å². The Labute approximate surface area is 218 Å². The zero-order chi connectivity index (χ0) is 27.1. The third kappa shape index (κ3) is 6.80. The second-order valence-corrected chi connectivity index (χ2v) is 8.47. The lowest BCUT2D eigenvalue weighted by molar-refractivity contribution is -0.0498. The van der Waals surface area contributed by atoms with Gasteiger partial charge in [-0.25, -0.2) is 4.79 Å². The van der Waals surface area contributed by atoms with Crippen molar-refractivity contribution >= 4 is 23.4 Å². The highest BCUT2D eigenvalue weighted by atomic mass is 35.5. The van der Waals surface area contributed by atoms with Gasteiger partial charge in [0.1, 0.15) is 5.75 Å². The second kappa shape index (κ2) is 12.6. The highest BCUT2D eigenvalue weighted by Crippen LogP contribution is 2.37. The standard InChI is InChI=1S/C27H28ClF2NO6/c1-5-11-35-25-22(28)13-18(14-24(25)34-6-2)26(33)36-15-23(32)21-12-16(3)31(17(21)4)19-7-9-20(10-8-19)37-27(29)30/h7-10,12-14,27H,5-6,11,15H2,1-4H3. The van der Waals surface area contributed by atoms with E-state index in [-0.39, 0.29) is 16.3 Å². The summed E-state index contributed by atoms with van der Waals surface area (Å²) in [6.45, 7) is 4.67. The van der Waals surface area contributed by atoms with E-state index in [1.165, 1.54) is 24.3 Å². The predicted molar refractivity (Wildman–Crippen MR) is 135 cm³/mol. The van der Waals surface area contributed by atoms with E-state index < -0.39 is 25.0 Å². The minimum Gasteiger partial charge on any atom is -0.490 e. The Hall–Kier alpha value is -3.59. The van der Waals surface area contributed by atoms with Gasteiger partial charge in [-0.2, -0.15) is 8.78 Å². The molecular weight excluding hydrogens is 508 g/mol. The van der Waals surface area contributed by atoms with Crippen LogP contribution in [-0.4, -0.2) is 42.8 Å². The third-order valence-electron chi connectivity index (χ3n) is 5.38. The van der Waals surface area contributed by atoms with Gasteiger partial charge in [0.25, 0.3) is 0 Å². The number of Topliss-reactive ketones (excluding diaryl/α,β-unsaturated/α-hetero) is 1. The van der Waals surface area contributed by atoms with Crippen LogP contribution in [-0.2, 0) is 4.74 Å². The first kappa shape index (κ1) is 28.0. The summed E-state index contributed by atoms with van der Waals surface area (Å²) < 4.78 is 47.5. The van der Waals surface area contributed by atoms with Crippen molar-refractivity contribution in [3.8, 4) is 22.9 Å². The molecule has 0 saturated carbocycles. The minimum absolute atomic E-state index is 0.0296. The smallest absolute Gasteiger partial charge is 0.387 e. The Bertz CT molecular complexity index is 1260. The number of ketones is 1. The van der Waals surface area contributed by atoms with E-state index in [4.69, 9.17) is 25.8 Å². The number of alkyl halides is 2. The van der Waals surface area contributed by atoms with E-state index in [0.717, 1.165) is 12.1 Å². The molecule has 1 heterocycles. The van der Waals surface area contributed by atoms with E-state index in [2.05, 4.69) is 4.74 Å². The number of rotatable bonds is 12. The van der Waals surface area contributed by atoms with Crippen LogP contribution in [0.4, 0.5) is 8.78 Å². The molecule has 0 amide bonds. The fraction of sp³-hybridized carbons (Fsp3) is 0.333. The molecule has 1 aromatic heterocycles. The fourth-order valence-electron chi connectivity index (χ4n) is 3.80. The predicted octanol–water partition coefficient (Wildman–Crippen LogP) is 6.58. The molecule has 0 aliphatic carbocycles. The van der Waals surface area contributed by atoms with Crippen molar-refractivity contribution in [1.82, 2.24) is 4.57 Å². The number of benzene rings is 2. The summed E-state index contributed by atoms with van der Waals surface area (Å²) in [7, 11) is 0. The number of aryl methyl sites for hydroxylation is 1. The Balaban J connectivity index is 1.74. The molecule has 7 nitrogen and oxygen atoms in total.